The van der Waals surface area contributed by atoms with E-state index in [1.165, 1.54) is 0 Å². The number of nitrogens with zero attached hydrogens (tertiary/aromatic N) is 1. The summed E-state index contributed by atoms with van der Waals surface area (Å²) < 4.78 is 27.2. The molecule has 0 spiro atoms. The van der Waals surface area contributed by atoms with Crippen LogP contribution in [0.5, 0.6) is 0 Å². The lowest BCUT2D eigenvalue weighted by atomic mass is 10.0. The van der Waals surface area contributed by atoms with Gasteiger partial charge >= 0.3 is 0 Å². The van der Waals surface area contributed by atoms with Crippen molar-refractivity contribution in [3.8, 4) is 0 Å². The van der Waals surface area contributed by atoms with Crippen molar-refractivity contribution >= 4 is 21.6 Å². The molecule has 0 aromatic heterocycles. The Kier molecular flexibility index (Phi) is 3.53. The molecular weight excluding hydrogens is 288 g/mol. The average Bonchev–Trinajstić information content (AvgIpc) is 2.74. The first-order chi connectivity index (χ1) is 9.91. The third-order valence-electron chi connectivity index (χ3n) is 4.49. The van der Waals surface area contributed by atoms with E-state index in [1.807, 2.05) is 6.92 Å². The molecule has 2 aliphatic heterocycles. The molecule has 3 rings (SSSR count). The fraction of sp³-hybridized carbons (Fsp3) is 0.533. The van der Waals surface area contributed by atoms with Crippen molar-refractivity contribution < 1.29 is 13.2 Å². The second kappa shape index (κ2) is 5.10. The lowest BCUT2D eigenvalue weighted by Gasteiger charge is -2.32. The zero-order valence-electron chi connectivity index (χ0n) is 12.3. The van der Waals surface area contributed by atoms with Crippen molar-refractivity contribution in [3.05, 3.63) is 23.8 Å². The number of carbonyl (C=O) groups excluding carboxylic acids is 1. The van der Waals surface area contributed by atoms with Crippen LogP contribution in [0, 0.1) is 0 Å². The van der Waals surface area contributed by atoms with E-state index in [-0.39, 0.29) is 17.9 Å². The van der Waals surface area contributed by atoms with E-state index in [0.717, 1.165) is 30.5 Å². The molecule has 21 heavy (non-hydrogen) atoms. The van der Waals surface area contributed by atoms with Gasteiger partial charge in [-0.1, -0.05) is 6.42 Å². The van der Waals surface area contributed by atoms with Gasteiger partial charge in [-0.15, -0.1) is 0 Å². The summed E-state index contributed by atoms with van der Waals surface area (Å²) in [6.07, 6.45) is 2.89. The number of amides is 1. The van der Waals surface area contributed by atoms with Gasteiger partial charge in [0.15, 0.2) is 0 Å². The second-order valence-electron chi connectivity index (χ2n) is 5.92. The third kappa shape index (κ3) is 2.36. The van der Waals surface area contributed by atoms with Crippen LogP contribution in [0.25, 0.3) is 0 Å². The van der Waals surface area contributed by atoms with Crippen LogP contribution in [0.4, 0.5) is 5.69 Å². The maximum atomic E-state index is 12.8. The van der Waals surface area contributed by atoms with Gasteiger partial charge in [0.2, 0.25) is 15.9 Å². The molecule has 0 saturated carbocycles. The van der Waals surface area contributed by atoms with Gasteiger partial charge in [-0.25, -0.2) is 8.42 Å². The number of fused-ring (bicyclic) bond motifs is 1. The standard InChI is InChI=1S/C15H20N2O3S/c1-10-5-3-4-8-17(10)21(19,20)12-6-7-14-13(9-12)11(2)15(18)16-14/h6-7,9-11H,3-5,8H2,1-2H3,(H,16,18)/t10-,11-/m0/s1. The van der Waals surface area contributed by atoms with Gasteiger partial charge in [0.25, 0.3) is 0 Å². The molecule has 1 N–H and O–H groups in total. The smallest absolute Gasteiger partial charge is 0.243 e. The normalized spacial score (nSPS) is 26.5. The van der Waals surface area contributed by atoms with Crippen molar-refractivity contribution in [2.45, 2.75) is 50.0 Å². The first-order valence-corrected chi connectivity index (χ1v) is 8.82. The summed E-state index contributed by atoms with van der Waals surface area (Å²) in [6.45, 7) is 4.33. The lowest BCUT2D eigenvalue weighted by Crippen LogP contribution is -2.41. The zero-order chi connectivity index (χ0) is 15.2. The van der Waals surface area contributed by atoms with Gasteiger partial charge < -0.3 is 5.32 Å². The lowest BCUT2D eigenvalue weighted by molar-refractivity contribution is -0.116. The maximum Gasteiger partial charge on any atom is 0.243 e. The average molecular weight is 308 g/mol. The summed E-state index contributed by atoms with van der Waals surface area (Å²) >= 11 is 0. The SMILES string of the molecule is C[C@@H]1C(=O)Nc2ccc(S(=O)(=O)N3CCCC[C@@H]3C)cc21. The number of benzene rings is 1. The highest BCUT2D eigenvalue weighted by molar-refractivity contribution is 7.89. The molecule has 1 saturated heterocycles. The van der Waals surface area contributed by atoms with Gasteiger partial charge in [-0.2, -0.15) is 4.31 Å². The molecule has 0 aliphatic carbocycles. The number of hydrogen-bond donors (Lipinski definition) is 1. The van der Waals surface area contributed by atoms with E-state index in [2.05, 4.69) is 5.32 Å². The van der Waals surface area contributed by atoms with E-state index in [1.54, 1.807) is 29.4 Å². The van der Waals surface area contributed by atoms with Crippen molar-refractivity contribution in [2.24, 2.45) is 0 Å². The van der Waals surface area contributed by atoms with Crippen molar-refractivity contribution in [2.75, 3.05) is 11.9 Å². The van der Waals surface area contributed by atoms with Gasteiger partial charge in [0.1, 0.15) is 0 Å². The number of piperidine rings is 1. The van der Waals surface area contributed by atoms with Crippen molar-refractivity contribution in [3.63, 3.8) is 0 Å². The molecule has 0 bridgehead atoms. The maximum absolute atomic E-state index is 12.8. The number of hydrogen-bond acceptors (Lipinski definition) is 3. The molecule has 2 heterocycles. The minimum Gasteiger partial charge on any atom is -0.325 e. The Bertz CT molecular complexity index is 684. The Labute approximate surface area is 125 Å². The third-order valence-corrected chi connectivity index (χ3v) is 6.50. The summed E-state index contributed by atoms with van der Waals surface area (Å²) in [5, 5.41) is 2.77. The molecule has 2 atom stereocenters. The van der Waals surface area contributed by atoms with Crippen LogP contribution in [-0.4, -0.2) is 31.2 Å². The number of carbonyl (C=O) groups is 1. The molecule has 2 aliphatic rings. The highest BCUT2D eigenvalue weighted by atomic mass is 32.2. The first-order valence-electron chi connectivity index (χ1n) is 7.38. The minimum absolute atomic E-state index is 0.0363. The molecular formula is C15H20N2O3S. The first kappa shape index (κ1) is 14.5. The van der Waals surface area contributed by atoms with Gasteiger partial charge in [0, 0.05) is 18.3 Å². The fourth-order valence-electron chi connectivity index (χ4n) is 3.12. The number of nitrogens with one attached hydrogen (secondary N) is 1. The van der Waals surface area contributed by atoms with Crippen LogP contribution in [-0.2, 0) is 14.8 Å². The molecule has 5 nitrogen and oxygen atoms in total. The zero-order valence-corrected chi connectivity index (χ0v) is 13.1. The topological polar surface area (TPSA) is 66.5 Å². The van der Waals surface area contributed by atoms with Crippen LogP contribution >= 0.6 is 0 Å². The molecule has 0 unspecified atom stereocenters. The minimum atomic E-state index is -3.48. The molecule has 1 fully saturated rings. The second-order valence-corrected chi connectivity index (χ2v) is 7.81. The Balaban J connectivity index is 1.99. The van der Waals surface area contributed by atoms with Crippen molar-refractivity contribution in [1.29, 1.82) is 0 Å². The summed E-state index contributed by atoms with van der Waals surface area (Å²) in [4.78, 5) is 12.0. The van der Waals surface area contributed by atoms with E-state index < -0.39 is 10.0 Å². The summed E-state index contributed by atoms with van der Waals surface area (Å²) in [7, 11) is -3.48. The van der Waals surface area contributed by atoms with E-state index in [0.29, 0.717) is 11.4 Å². The predicted molar refractivity (Wildman–Crippen MR) is 80.7 cm³/mol. The largest absolute Gasteiger partial charge is 0.325 e. The van der Waals surface area contributed by atoms with E-state index in [9.17, 15) is 13.2 Å². The van der Waals surface area contributed by atoms with Gasteiger partial charge in [0.05, 0.1) is 10.8 Å². The number of rotatable bonds is 2. The monoisotopic (exact) mass is 308 g/mol. The molecule has 1 aromatic rings. The molecule has 1 amide bonds. The Morgan fingerprint density at radius 2 is 2.00 bits per heavy atom. The van der Waals surface area contributed by atoms with Crippen LogP contribution in [0.3, 0.4) is 0 Å². The highest BCUT2D eigenvalue weighted by Gasteiger charge is 2.33. The fourth-order valence-corrected chi connectivity index (χ4v) is 4.86. The van der Waals surface area contributed by atoms with Crippen LogP contribution in [0.1, 0.15) is 44.6 Å². The summed E-state index contributed by atoms with van der Waals surface area (Å²) in [6, 6.07) is 4.97. The predicted octanol–water partition coefficient (Wildman–Crippen LogP) is 2.31. The van der Waals surface area contributed by atoms with Gasteiger partial charge in [-0.05, 0) is 50.5 Å². The number of sulfonamides is 1. The number of anilines is 1. The van der Waals surface area contributed by atoms with Crippen LogP contribution in [0.15, 0.2) is 23.1 Å². The highest BCUT2D eigenvalue weighted by Crippen LogP contribution is 2.35. The molecule has 114 valence electrons. The van der Waals surface area contributed by atoms with E-state index >= 15 is 0 Å². The summed E-state index contributed by atoms with van der Waals surface area (Å²) in [5.74, 6) is -0.375. The Morgan fingerprint density at radius 1 is 1.24 bits per heavy atom. The van der Waals surface area contributed by atoms with Crippen LogP contribution < -0.4 is 5.32 Å². The molecule has 6 heteroatoms. The quantitative estimate of drug-likeness (QED) is 0.911. The summed E-state index contributed by atoms with van der Waals surface area (Å²) in [5.41, 5.74) is 1.49. The van der Waals surface area contributed by atoms with Crippen molar-refractivity contribution in [1.82, 2.24) is 4.31 Å². The molecule has 0 radical (unpaired) electrons. The Hall–Kier alpha value is -1.40. The van der Waals surface area contributed by atoms with Crippen LogP contribution in [0.2, 0.25) is 0 Å². The molecule has 1 aromatic carbocycles. The Morgan fingerprint density at radius 3 is 2.71 bits per heavy atom. The van der Waals surface area contributed by atoms with E-state index in [4.69, 9.17) is 0 Å². The van der Waals surface area contributed by atoms with Gasteiger partial charge in [-0.3, -0.25) is 4.79 Å².